The molecule has 0 bridgehead atoms. The molecule has 4 rings (SSSR count). The highest BCUT2D eigenvalue weighted by molar-refractivity contribution is 5.47. The van der Waals surface area contributed by atoms with Crippen LogP contribution in [0.3, 0.4) is 0 Å². The second-order valence-corrected chi connectivity index (χ2v) is 6.61. The van der Waals surface area contributed by atoms with Gasteiger partial charge in [-0.1, -0.05) is 12.1 Å². The van der Waals surface area contributed by atoms with E-state index < -0.39 is 0 Å². The van der Waals surface area contributed by atoms with Gasteiger partial charge in [0.05, 0.1) is 17.4 Å². The molecule has 4 heteroatoms. The summed E-state index contributed by atoms with van der Waals surface area (Å²) in [6.45, 7) is 2.95. The summed E-state index contributed by atoms with van der Waals surface area (Å²) >= 11 is 0. The number of aryl methyl sites for hydroxylation is 1. The van der Waals surface area contributed by atoms with Gasteiger partial charge in [-0.3, -0.25) is 9.88 Å². The van der Waals surface area contributed by atoms with Crippen LogP contribution in [-0.2, 0) is 6.54 Å². The monoisotopic (exact) mass is 306 g/mol. The zero-order valence-electron chi connectivity index (χ0n) is 13.7. The molecule has 118 valence electrons. The average molecular weight is 306 g/mol. The topological polar surface area (TPSA) is 33.4 Å². The summed E-state index contributed by atoms with van der Waals surface area (Å²) in [4.78, 5) is 11.8. The number of rotatable bonds is 5. The van der Waals surface area contributed by atoms with Crippen LogP contribution in [0.1, 0.15) is 35.8 Å². The Labute approximate surface area is 136 Å². The van der Waals surface area contributed by atoms with E-state index in [1.54, 1.807) is 0 Å². The van der Waals surface area contributed by atoms with Gasteiger partial charge in [-0.2, -0.15) is 0 Å². The molecule has 0 spiro atoms. The van der Waals surface area contributed by atoms with Gasteiger partial charge in [-0.05, 0) is 56.5 Å². The molecule has 0 N–H and O–H groups in total. The molecule has 1 atom stereocenters. The van der Waals surface area contributed by atoms with E-state index in [9.17, 15) is 0 Å². The molecular formula is C19H22N4. The molecule has 3 heterocycles. The normalized spacial score (nSPS) is 16.1. The molecule has 1 aliphatic rings. The van der Waals surface area contributed by atoms with E-state index >= 15 is 0 Å². The Morgan fingerprint density at radius 3 is 2.83 bits per heavy atom. The minimum Gasteiger partial charge on any atom is -0.307 e. The SMILES string of the molecule is Cc1cccn2cc(CN(C)[C@@H](c3ccccn3)C3CC3)nc12. The third-order valence-corrected chi connectivity index (χ3v) is 4.67. The quantitative estimate of drug-likeness (QED) is 0.722. The van der Waals surface area contributed by atoms with Gasteiger partial charge in [0, 0.05) is 25.1 Å². The van der Waals surface area contributed by atoms with Gasteiger partial charge < -0.3 is 4.40 Å². The third-order valence-electron chi connectivity index (χ3n) is 4.67. The molecule has 1 saturated carbocycles. The van der Waals surface area contributed by atoms with Crippen molar-refractivity contribution in [2.24, 2.45) is 5.92 Å². The molecule has 23 heavy (non-hydrogen) atoms. The average Bonchev–Trinajstić information content (AvgIpc) is 3.28. The van der Waals surface area contributed by atoms with Crippen LogP contribution in [0.2, 0.25) is 0 Å². The number of fused-ring (bicyclic) bond motifs is 1. The van der Waals surface area contributed by atoms with E-state index in [0.717, 1.165) is 23.8 Å². The minimum atomic E-state index is 0.391. The smallest absolute Gasteiger partial charge is 0.139 e. The van der Waals surface area contributed by atoms with Crippen molar-refractivity contribution in [2.75, 3.05) is 7.05 Å². The van der Waals surface area contributed by atoms with Gasteiger partial charge in [-0.15, -0.1) is 0 Å². The summed E-state index contributed by atoms with van der Waals surface area (Å²) in [7, 11) is 2.19. The van der Waals surface area contributed by atoms with Crippen LogP contribution in [0, 0.1) is 12.8 Å². The number of pyridine rings is 2. The van der Waals surface area contributed by atoms with Crippen LogP contribution in [0.4, 0.5) is 0 Å². The van der Waals surface area contributed by atoms with Crippen molar-refractivity contribution in [3.05, 3.63) is 65.9 Å². The molecule has 1 aliphatic carbocycles. The lowest BCUT2D eigenvalue weighted by Gasteiger charge is -2.27. The molecule has 3 aromatic heterocycles. The Morgan fingerprint density at radius 2 is 2.13 bits per heavy atom. The summed E-state index contributed by atoms with van der Waals surface area (Å²) in [5.74, 6) is 0.730. The molecule has 0 saturated heterocycles. The van der Waals surface area contributed by atoms with Gasteiger partial charge in [0.1, 0.15) is 5.65 Å². The molecule has 0 amide bonds. The van der Waals surface area contributed by atoms with Crippen LogP contribution >= 0.6 is 0 Å². The van der Waals surface area contributed by atoms with Crippen LogP contribution in [-0.4, -0.2) is 26.3 Å². The zero-order chi connectivity index (χ0) is 15.8. The van der Waals surface area contributed by atoms with Crippen molar-refractivity contribution >= 4 is 5.65 Å². The number of imidazole rings is 1. The number of hydrogen-bond acceptors (Lipinski definition) is 3. The molecule has 3 aromatic rings. The maximum atomic E-state index is 4.81. The number of aromatic nitrogens is 3. The first-order valence-corrected chi connectivity index (χ1v) is 8.27. The van der Waals surface area contributed by atoms with Gasteiger partial charge in [-0.25, -0.2) is 4.98 Å². The third kappa shape index (κ3) is 2.86. The largest absolute Gasteiger partial charge is 0.307 e. The van der Waals surface area contributed by atoms with Crippen molar-refractivity contribution in [2.45, 2.75) is 32.4 Å². The standard InChI is InChI=1S/C19H22N4/c1-14-6-5-11-23-13-16(21-19(14)23)12-22(2)18(15-8-9-15)17-7-3-4-10-20-17/h3-7,10-11,13,15,18H,8-9,12H2,1-2H3/t18-/m1/s1. The van der Waals surface area contributed by atoms with E-state index in [1.807, 2.05) is 12.3 Å². The predicted octanol–water partition coefficient (Wildman–Crippen LogP) is 3.62. The predicted molar refractivity (Wildman–Crippen MR) is 91.1 cm³/mol. The summed E-state index contributed by atoms with van der Waals surface area (Å²) in [6, 6.07) is 10.8. The molecule has 0 radical (unpaired) electrons. The molecular weight excluding hydrogens is 284 g/mol. The van der Waals surface area contributed by atoms with E-state index in [4.69, 9.17) is 4.98 Å². The number of hydrogen-bond donors (Lipinski definition) is 0. The van der Waals surface area contributed by atoms with Crippen LogP contribution in [0.5, 0.6) is 0 Å². The lowest BCUT2D eigenvalue weighted by atomic mass is 10.1. The van der Waals surface area contributed by atoms with Crippen molar-refractivity contribution in [3.63, 3.8) is 0 Å². The maximum absolute atomic E-state index is 4.81. The van der Waals surface area contributed by atoms with E-state index in [0.29, 0.717) is 6.04 Å². The van der Waals surface area contributed by atoms with E-state index in [1.165, 1.54) is 24.1 Å². The van der Waals surface area contributed by atoms with Crippen molar-refractivity contribution < 1.29 is 0 Å². The highest BCUT2D eigenvalue weighted by Crippen LogP contribution is 2.43. The fourth-order valence-corrected chi connectivity index (χ4v) is 3.42. The molecule has 1 fully saturated rings. The first-order valence-electron chi connectivity index (χ1n) is 8.27. The van der Waals surface area contributed by atoms with Gasteiger partial charge in [0.2, 0.25) is 0 Å². The Kier molecular flexibility index (Phi) is 3.62. The fraction of sp³-hybridized carbons (Fsp3) is 0.368. The van der Waals surface area contributed by atoms with Gasteiger partial charge in [0.25, 0.3) is 0 Å². The number of nitrogens with zero attached hydrogens (tertiary/aromatic N) is 4. The lowest BCUT2D eigenvalue weighted by molar-refractivity contribution is 0.206. The first kappa shape index (κ1) is 14.4. The minimum absolute atomic E-state index is 0.391. The lowest BCUT2D eigenvalue weighted by Crippen LogP contribution is -2.26. The molecule has 0 unspecified atom stereocenters. The summed E-state index contributed by atoms with van der Waals surface area (Å²) in [5, 5.41) is 0. The first-order chi connectivity index (χ1) is 11.2. The second kappa shape index (κ2) is 5.78. The van der Waals surface area contributed by atoms with Crippen LogP contribution in [0.25, 0.3) is 5.65 Å². The summed E-state index contributed by atoms with van der Waals surface area (Å²) < 4.78 is 2.12. The van der Waals surface area contributed by atoms with Gasteiger partial charge in [0.15, 0.2) is 0 Å². The Morgan fingerprint density at radius 1 is 1.26 bits per heavy atom. The van der Waals surface area contributed by atoms with Crippen molar-refractivity contribution in [1.29, 1.82) is 0 Å². The summed E-state index contributed by atoms with van der Waals surface area (Å²) in [5.41, 5.74) is 4.56. The van der Waals surface area contributed by atoms with E-state index in [2.05, 4.69) is 64.9 Å². The second-order valence-electron chi connectivity index (χ2n) is 6.61. The molecule has 4 nitrogen and oxygen atoms in total. The van der Waals surface area contributed by atoms with Gasteiger partial charge >= 0.3 is 0 Å². The molecule has 0 aromatic carbocycles. The van der Waals surface area contributed by atoms with Crippen molar-refractivity contribution in [1.82, 2.24) is 19.3 Å². The highest BCUT2D eigenvalue weighted by atomic mass is 15.2. The summed E-state index contributed by atoms with van der Waals surface area (Å²) in [6.07, 6.45) is 8.70. The fourth-order valence-electron chi connectivity index (χ4n) is 3.42. The highest BCUT2D eigenvalue weighted by Gasteiger charge is 2.35. The molecule has 0 aliphatic heterocycles. The Balaban J connectivity index is 1.59. The van der Waals surface area contributed by atoms with E-state index in [-0.39, 0.29) is 0 Å². The maximum Gasteiger partial charge on any atom is 0.139 e. The Bertz CT molecular complexity index is 805. The van der Waals surface area contributed by atoms with Crippen LogP contribution < -0.4 is 0 Å². The van der Waals surface area contributed by atoms with Crippen LogP contribution in [0.15, 0.2) is 48.9 Å². The Hall–Kier alpha value is -2.20. The zero-order valence-corrected chi connectivity index (χ0v) is 13.7. The van der Waals surface area contributed by atoms with Crippen molar-refractivity contribution in [3.8, 4) is 0 Å².